The Morgan fingerprint density at radius 2 is 1.85 bits per heavy atom. The Bertz CT molecular complexity index is 572. The fourth-order valence-corrected chi connectivity index (χ4v) is 2.50. The Kier molecular flexibility index (Phi) is 4.97. The predicted molar refractivity (Wildman–Crippen MR) is 88.1 cm³/mol. The largest absolute Gasteiger partial charge is 0.310 e. The number of hydrogen-bond acceptors (Lipinski definition) is 1. The smallest absolute Gasteiger partial charge is 0.0292 e. The van der Waals surface area contributed by atoms with Crippen molar-refractivity contribution in [3.8, 4) is 11.1 Å². The number of rotatable bonds is 5. The Morgan fingerprint density at radius 1 is 1.05 bits per heavy atom. The summed E-state index contributed by atoms with van der Waals surface area (Å²) in [5.74, 6) is 0. The lowest BCUT2D eigenvalue weighted by atomic mass is 9.95. The highest BCUT2D eigenvalue weighted by molar-refractivity contribution is 5.68. The van der Waals surface area contributed by atoms with Crippen LogP contribution in [-0.2, 0) is 0 Å². The summed E-state index contributed by atoms with van der Waals surface area (Å²) in [4.78, 5) is 0. The monoisotopic (exact) mass is 267 g/mol. The highest BCUT2D eigenvalue weighted by Gasteiger charge is 2.07. The Hall–Kier alpha value is -1.60. The average molecular weight is 267 g/mol. The summed E-state index contributed by atoms with van der Waals surface area (Å²) in [6.07, 6.45) is 1.17. The molecule has 0 heterocycles. The molecule has 0 saturated carbocycles. The normalized spacial score (nSPS) is 12.4. The van der Waals surface area contributed by atoms with Crippen molar-refractivity contribution in [1.29, 1.82) is 0 Å². The second kappa shape index (κ2) is 6.71. The molecule has 2 aromatic rings. The molecule has 0 fully saturated rings. The molecule has 106 valence electrons. The van der Waals surface area contributed by atoms with Gasteiger partial charge in [-0.3, -0.25) is 0 Å². The van der Waals surface area contributed by atoms with Gasteiger partial charge in [0, 0.05) is 6.04 Å². The van der Waals surface area contributed by atoms with E-state index >= 15 is 0 Å². The molecule has 0 saturated heterocycles. The molecule has 1 N–H and O–H groups in total. The summed E-state index contributed by atoms with van der Waals surface area (Å²) < 4.78 is 0. The van der Waals surface area contributed by atoms with Crippen LogP contribution in [0.1, 0.15) is 43.0 Å². The number of benzene rings is 2. The number of nitrogens with one attached hydrogen (secondary N) is 1. The molecule has 0 bridgehead atoms. The van der Waals surface area contributed by atoms with Gasteiger partial charge in [0.1, 0.15) is 0 Å². The lowest BCUT2D eigenvalue weighted by molar-refractivity contribution is 0.571. The van der Waals surface area contributed by atoms with Crippen molar-refractivity contribution >= 4 is 0 Å². The van der Waals surface area contributed by atoms with E-state index in [4.69, 9.17) is 0 Å². The average Bonchev–Trinajstić information content (AvgIpc) is 2.47. The van der Waals surface area contributed by atoms with Crippen LogP contribution in [0.5, 0.6) is 0 Å². The van der Waals surface area contributed by atoms with Gasteiger partial charge in [0.15, 0.2) is 0 Å². The van der Waals surface area contributed by atoms with Gasteiger partial charge in [-0.05, 0) is 62.1 Å². The predicted octanol–water partition coefficient (Wildman–Crippen LogP) is 5.03. The number of hydrogen-bond donors (Lipinski definition) is 1. The van der Waals surface area contributed by atoms with E-state index in [1.165, 1.54) is 34.2 Å². The van der Waals surface area contributed by atoms with Crippen LogP contribution in [-0.4, -0.2) is 6.54 Å². The van der Waals surface area contributed by atoms with Gasteiger partial charge in [0.05, 0.1) is 0 Å². The zero-order valence-electron chi connectivity index (χ0n) is 13.0. The van der Waals surface area contributed by atoms with Crippen molar-refractivity contribution in [2.24, 2.45) is 0 Å². The Morgan fingerprint density at radius 3 is 2.60 bits per heavy atom. The topological polar surface area (TPSA) is 12.0 Å². The summed E-state index contributed by atoms with van der Waals surface area (Å²) >= 11 is 0. The van der Waals surface area contributed by atoms with Crippen LogP contribution in [0.3, 0.4) is 0 Å². The Labute approximate surface area is 123 Å². The summed E-state index contributed by atoms with van der Waals surface area (Å²) in [6, 6.07) is 16.0. The second-order valence-corrected chi connectivity index (χ2v) is 5.62. The molecule has 20 heavy (non-hydrogen) atoms. The molecular formula is C19H25N. The van der Waals surface area contributed by atoms with Crippen molar-refractivity contribution in [1.82, 2.24) is 5.32 Å². The van der Waals surface area contributed by atoms with E-state index in [2.05, 4.69) is 75.5 Å². The minimum atomic E-state index is 0.403. The van der Waals surface area contributed by atoms with Gasteiger partial charge in [-0.15, -0.1) is 0 Å². The first-order chi connectivity index (χ1) is 9.61. The van der Waals surface area contributed by atoms with E-state index in [0.29, 0.717) is 6.04 Å². The maximum Gasteiger partial charge on any atom is 0.0292 e. The molecule has 2 rings (SSSR count). The molecule has 0 radical (unpaired) electrons. The zero-order valence-corrected chi connectivity index (χ0v) is 13.0. The second-order valence-electron chi connectivity index (χ2n) is 5.62. The SMILES string of the molecule is CCCNC(C)c1cccc(-c2cc(C)ccc2C)c1. The van der Waals surface area contributed by atoms with Crippen molar-refractivity contribution in [3.63, 3.8) is 0 Å². The first-order valence-corrected chi connectivity index (χ1v) is 7.52. The first kappa shape index (κ1) is 14.8. The summed E-state index contributed by atoms with van der Waals surface area (Å²) in [5, 5.41) is 3.55. The molecule has 2 aromatic carbocycles. The first-order valence-electron chi connectivity index (χ1n) is 7.52. The van der Waals surface area contributed by atoms with Gasteiger partial charge in [-0.25, -0.2) is 0 Å². The van der Waals surface area contributed by atoms with Crippen LogP contribution in [0.15, 0.2) is 42.5 Å². The summed E-state index contributed by atoms with van der Waals surface area (Å²) in [5.41, 5.74) is 6.66. The third-order valence-corrected chi connectivity index (χ3v) is 3.79. The molecule has 1 unspecified atom stereocenters. The minimum absolute atomic E-state index is 0.403. The molecule has 1 nitrogen and oxygen atoms in total. The zero-order chi connectivity index (χ0) is 14.5. The van der Waals surface area contributed by atoms with Crippen LogP contribution >= 0.6 is 0 Å². The minimum Gasteiger partial charge on any atom is -0.310 e. The van der Waals surface area contributed by atoms with Crippen molar-refractivity contribution in [3.05, 3.63) is 59.2 Å². The molecule has 0 aliphatic rings. The van der Waals surface area contributed by atoms with E-state index in [0.717, 1.165) is 6.54 Å². The van der Waals surface area contributed by atoms with E-state index < -0.39 is 0 Å². The van der Waals surface area contributed by atoms with Gasteiger partial charge in [-0.1, -0.05) is 48.9 Å². The molecule has 1 atom stereocenters. The molecule has 0 spiro atoms. The number of aryl methyl sites for hydroxylation is 2. The maximum absolute atomic E-state index is 3.55. The fourth-order valence-electron chi connectivity index (χ4n) is 2.50. The highest BCUT2D eigenvalue weighted by Crippen LogP contribution is 2.27. The molecular weight excluding hydrogens is 242 g/mol. The van der Waals surface area contributed by atoms with Gasteiger partial charge < -0.3 is 5.32 Å². The molecule has 1 heteroatoms. The van der Waals surface area contributed by atoms with Crippen LogP contribution in [0.2, 0.25) is 0 Å². The van der Waals surface area contributed by atoms with Crippen LogP contribution < -0.4 is 5.32 Å². The van der Waals surface area contributed by atoms with Gasteiger partial charge in [0.25, 0.3) is 0 Å². The van der Waals surface area contributed by atoms with E-state index in [9.17, 15) is 0 Å². The third kappa shape index (κ3) is 3.49. The quantitative estimate of drug-likeness (QED) is 0.801. The van der Waals surface area contributed by atoms with Gasteiger partial charge in [-0.2, -0.15) is 0 Å². The summed E-state index contributed by atoms with van der Waals surface area (Å²) in [6.45, 7) is 9.83. The summed E-state index contributed by atoms with van der Waals surface area (Å²) in [7, 11) is 0. The maximum atomic E-state index is 3.55. The van der Waals surface area contributed by atoms with Crippen molar-refractivity contribution in [2.75, 3.05) is 6.54 Å². The van der Waals surface area contributed by atoms with Gasteiger partial charge in [0.2, 0.25) is 0 Å². The molecule has 0 aliphatic carbocycles. The van der Waals surface area contributed by atoms with E-state index in [-0.39, 0.29) is 0 Å². The third-order valence-electron chi connectivity index (χ3n) is 3.79. The molecule has 0 aliphatic heterocycles. The van der Waals surface area contributed by atoms with Crippen molar-refractivity contribution in [2.45, 2.75) is 40.2 Å². The van der Waals surface area contributed by atoms with E-state index in [1.807, 2.05) is 0 Å². The van der Waals surface area contributed by atoms with Gasteiger partial charge >= 0.3 is 0 Å². The molecule has 0 amide bonds. The molecule has 0 aromatic heterocycles. The lowest BCUT2D eigenvalue weighted by Gasteiger charge is -2.15. The van der Waals surface area contributed by atoms with Crippen LogP contribution in [0.25, 0.3) is 11.1 Å². The standard InChI is InChI=1S/C19H25N/c1-5-11-20-16(4)17-7-6-8-18(13-17)19-12-14(2)9-10-15(19)3/h6-10,12-13,16,20H,5,11H2,1-4H3. The van der Waals surface area contributed by atoms with E-state index in [1.54, 1.807) is 0 Å². The van der Waals surface area contributed by atoms with Crippen LogP contribution in [0, 0.1) is 13.8 Å². The van der Waals surface area contributed by atoms with Crippen molar-refractivity contribution < 1.29 is 0 Å². The Balaban J connectivity index is 2.31. The highest BCUT2D eigenvalue weighted by atomic mass is 14.9. The van der Waals surface area contributed by atoms with Crippen LogP contribution in [0.4, 0.5) is 0 Å². The fraction of sp³-hybridized carbons (Fsp3) is 0.368. The lowest BCUT2D eigenvalue weighted by Crippen LogP contribution is -2.19.